The smallest absolute Gasteiger partial charge is 0.300 e. The number of carbonyl (C=O) groups is 1. The Hall–Kier alpha value is -0.158. The van der Waals surface area contributed by atoms with Gasteiger partial charge >= 0.3 is 0 Å². The van der Waals surface area contributed by atoms with Crippen LogP contribution in [-0.4, -0.2) is 50.3 Å². The Morgan fingerprint density at radius 1 is 1.11 bits per heavy atom. The first-order valence-electron chi connectivity index (χ1n) is 0.928. The minimum Gasteiger partial charge on any atom is -0.481 e. The fourth-order valence-electron chi connectivity index (χ4n) is 0. The second-order valence-electron chi connectivity index (χ2n) is 0.519. The number of hydrogen-bond acceptors (Lipinski definition) is 1. The van der Waals surface area contributed by atoms with Crippen molar-refractivity contribution < 1.29 is 31.8 Å². The molecule has 0 aromatic heterocycles. The van der Waals surface area contributed by atoms with E-state index in [0.29, 0.717) is 0 Å². The number of carboxylic acids is 1. The summed E-state index contributed by atoms with van der Waals surface area (Å²) >= 11 is 0. The van der Waals surface area contributed by atoms with Crippen LogP contribution in [0.1, 0.15) is 6.92 Å². The zero-order valence-corrected chi connectivity index (χ0v) is 4.36. The van der Waals surface area contributed by atoms with Gasteiger partial charge in [-0.25, -0.2) is 0 Å². The third kappa shape index (κ3) is 10800. The average Bonchev–Trinajstić information content (AvgIpc) is 0.811. The Morgan fingerprint density at radius 3 is 1.11 bits per heavy atom. The van der Waals surface area contributed by atoms with E-state index >= 15 is 0 Å². The molecule has 62 valence electrons. The van der Waals surface area contributed by atoms with Crippen molar-refractivity contribution in [3.63, 3.8) is 0 Å². The summed E-state index contributed by atoms with van der Waals surface area (Å²) in [4.78, 5) is 9.00. The van der Waals surface area contributed by atoms with E-state index in [0.717, 1.165) is 6.92 Å². The molecule has 0 saturated carbocycles. The molecule has 0 radical (unpaired) electrons. The molecule has 9 N–H and O–H groups in total. The Balaban J connectivity index is -0.00000000450. The highest BCUT2D eigenvalue weighted by Crippen LogP contribution is 1.42. The molecule has 0 aliphatic heterocycles. The molecule has 0 heterocycles. The molecule has 0 fully saturated rings. The van der Waals surface area contributed by atoms with Crippen molar-refractivity contribution in [2.75, 3.05) is 0 Å². The lowest BCUT2D eigenvalue weighted by Crippen LogP contribution is -1.78. The highest BCUT2D eigenvalue weighted by atomic mass is 27.0. The SMILES string of the molecule is CC(=O)O.O.O.O.O.[AlH3]. The van der Waals surface area contributed by atoms with E-state index in [1.807, 2.05) is 0 Å². The molecule has 0 atom stereocenters. The summed E-state index contributed by atoms with van der Waals surface area (Å²) < 4.78 is 0. The van der Waals surface area contributed by atoms with Crippen molar-refractivity contribution >= 4 is 23.3 Å². The van der Waals surface area contributed by atoms with Crippen LogP contribution in [0.4, 0.5) is 0 Å². The van der Waals surface area contributed by atoms with Gasteiger partial charge in [-0.15, -0.1) is 0 Å². The van der Waals surface area contributed by atoms with Gasteiger partial charge < -0.3 is 27.0 Å². The lowest BCUT2D eigenvalue weighted by molar-refractivity contribution is -0.134. The fourth-order valence-corrected chi connectivity index (χ4v) is 0. The van der Waals surface area contributed by atoms with E-state index in [9.17, 15) is 0 Å². The number of hydrogen-bond donors (Lipinski definition) is 1. The van der Waals surface area contributed by atoms with Gasteiger partial charge in [-0.1, -0.05) is 0 Å². The second-order valence-corrected chi connectivity index (χ2v) is 0.519. The molecular formula is C2H15AlO6. The van der Waals surface area contributed by atoms with Crippen LogP contribution in [0.25, 0.3) is 0 Å². The number of carboxylic acid groups (broad SMARTS) is 1. The highest BCUT2D eigenvalue weighted by molar-refractivity contribution is 5.75. The topological polar surface area (TPSA) is 163 Å². The molecule has 0 aliphatic carbocycles. The summed E-state index contributed by atoms with van der Waals surface area (Å²) in [7, 11) is 0. The molecular weight excluding hydrogens is 147 g/mol. The Morgan fingerprint density at radius 2 is 1.11 bits per heavy atom. The van der Waals surface area contributed by atoms with Crippen LogP contribution in [0.5, 0.6) is 0 Å². The lowest BCUT2D eigenvalue weighted by atomic mass is 10.9. The maximum atomic E-state index is 9.00. The lowest BCUT2D eigenvalue weighted by Gasteiger charge is -1.59. The van der Waals surface area contributed by atoms with Gasteiger partial charge in [0.15, 0.2) is 17.4 Å². The van der Waals surface area contributed by atoms with Crippen LogP contribution in [0, 0.1) is 0 Å². The van der Waals surface area contributed by atoms with Crippen LogP contribution < -0.4 is 0 Å². The third-order valence-electron chi connectivity index (χ3n) is 0. The van der Waals surface area contributed by atoms with E-state index in [-0.39, 0.29) is 39.3 Å². The van der Waals surface area contributed by atoms with Crippen LogP contribution in [0.3, 0.4) is 0 Å². The van der Waals surface area contributed by atoms with Crippen molar-refractivity contribution in [2.45, 2.75) is 6.92 Å². The zero-order chi connectivity index (χ0) is 3.58. The van der Waals surface area contributed by atoms with Crippen molar-refractivity contribution in [1.29, 1.82) is 0 Å². The van der Waals surface area contributed by atoms with Crippen LogP contribution in [0.15, 0.2) is 0 Å². The van der Waals surface area contributed by atoms with Crippen molar-refractivity contribution in [3.8, 4) is 0 Å². The summed E-state index contributed by atoms with van der Waals surface area (Å²) in [5.41, 5.74) is 0. The normalized spacial score (nSPS) is 2.78. The predicted octanol–water partition coefficient (Wildman–Crippen LogP) is -4.39. The van der Waals surface area contributed by atoms with Gasteiger partial charge in [0.2, 0.25) is 0 Å². The largest absolute Gasteiger partial charge is 0.481 e. The summed E-state index contributed by atoms with van der Waals surface area (Å²) in [6, 6.07) is 0. The first kappa shape index (κ1) is 67.3. The molecule has 0 saturated heterocycles. The summed E-state index contributed by atoms with van der Waals surface area (Å²) in [6.07, 6.45) is 0. The maximum absolute atomic E-state index is 9.00. The van der Waals surface area contributed by atoms with Crippen molar-refractivity contribution in [1.82, 2.24) is 0 Å². The third-order valence-corrected chi connectivity index (χ3v) is 0. The molecule has 0 aliphatic rings. The molecule has 7 heteroatoms. The molecule has 0 aromatic carbocycles. The Bertz CT molecular complexity index is 34.0. The highest BCUT2D eigenvalue weighted by Gasteiger charge is 1.65. The molecule has 0 bridgehead atoms. The summed E-state index contributed by atoms with van der Waals surface area (Å²) in [5, 5.41) is 7.42. The molecule has 6 nitrogen and oxygen atoms in total. The minimum absolute atomic E-state index is 0. The van der Waals surface area contributed by atoms with E-state index in [1.54, 1.807) is 0 Å². The van der Waals surface area contributed by atoms with Crippen LogP contribution in [0.2, 0.25) is 0 Å². The van der Waals surface area contributed by atoms with E-state index in [4.69, 9.17) is 9.90 Å². The van der Waals surface area contributed by atoms with Crippen LogP contribution in [-0.2, 0) is 4.79 Å². The fraction of sp³-hybridized carbons (Fsp3) is 0.500. The van der Waals surface area contributed by atoms with E-state index < -0.39 is 5.97 Å². The Labute approximate surface area is 62.9 Å². The van der Waals surface area contributed by atoms with Gasteiger partial charge in [0.1, 0.15) is 0 Å². The second kappa shape index (κ2) is 45.4. The maximum Gasteiger partial charge on any atom is 0.300 e. The molecule has 0 spiro atoms. The molecule has 0 unspecified atom stereocenters. The van der Waals surface area contributed by atoms with Crippen molar-refractivity contribution in [2.24, 2.45) is 0 Å². The van der Waals surface area contributed by atoms with Crippen molar-refractivity contribution in [3.05, 3.63) is 0 Å². The monoisotopic (exact) mass is 162 g/mol. The summed E-state index contributed by atoms with van der Waals surface area (Å²) in [6.45, 7) is 1.08. The molecule has 0 rings (SSSR count). The van der Waals surface area contributed by atoms with Gasteiger partial charge in [-0.2, -0.15) is 0 Å². The first-order valence-corrected chi connectivity index (χ1v) is 0.928. The van der Waals surface area contributed by atoms with Gasteiger partial charge in [0, 0.05) is 6.92 Å². The van der Waals surface area contributed by atoms with Crippen LogP contribution >= 0.6 is 0 Å². The number of aliphatic carboxylic acids is 1. The van der Waals surface area contributed by atoms with Gasteiger partial charge in [-0.3, -0.25) is 4.79 Å². The molecule has 0 aromatic rings. The summed E-state index contributed by atoms with van der Waals surface area (Å²) in [5.74, 6) is -0.833. The predicted molar refractivity (Wildman–Crippen MR) is 37.7 cm³/mol. The zero-order valence-electron chi connectivity index (χ0n) is 4.36. The Kier molecular flexibility index (Phi) is 340. The van der Waals surface area contributed by atoms with Gasteiger partial charge in [0.25, 0.3) is 5.97 Å². The van der Waals surface area contributed by atoms with Gasteiger partial charge in [-0.05, 0) is 0 Å². The molecule has 9 heavy (non-hydrogen) atoms. The first-order chi connectivity index (χ1) is 1.73. The van der Waals surface area contributed by atoms with E-state index in [1.165, 1.54) is 0 Å². The average molecular weight is 162 g/mol. The molecule has 0 amide bonds. The number of rotatable bonds is 0. The quantitative estimate of drug-likeness (QED) is 0.356. The van der Waals surface area contributed by atoms with Gasteiger partial charge in [0.05, 0.1) is 0 Å². The standard InChI is InChI=1S/C2H4O2.Al.4H2O.3H/c1-2(3)4;;;;;;;;/h1H3,(H,3,4);;4*1H2;;;. The minimum atomic E-state index is -0.833. The van der Waals surface area contributed by atoms with E-state index in [2.05, 4.69) is 0 Å².